The summed E-state index contributed by atoms with van der Waals surface area (Å²) in [6.07, 6.45) is -0.636. The van der Waals surface area contributed by atoms with Gasteiger partial charge in [-0.15, -0.1) is 0 Å². The Morgan fingerprint density at radius 3 is 2.47 bits per heavy atom. The minimum atomic E-state index is -0.767. The van der Waals surface area contributed by atoms with Crippen molar-refractivity contribution in [2.45, 2.75) is 25.6 Å². The quantitative estimate of drug-likeness (QED) is 0.669. The first kappa shape index (κ1) is 14.0. The Hall–Kier alpha value is -1.10. The van der Waals surface area contributed by atoms with Gasteiger partial charge in [-0.05, 0) is 27.0 Å². The lowest BCUT2D eigenvalue weighted by Gasteiger charge is -2.27. The van der Waals surface area contributed by atoms with Gasteiger partial charge < -0.3 is 20.8 Å². The summed E-state index contributed by atoms with van der Waals surface area (Å²) in [6, 6.07) is 7.28. The fourth-order valence-corrected chi connectivity index (χ4v) is 1.93. The first-order valence-electron chi connectivity index (χ1n) is 5.73. The third kappa shape index (κ3) is 4.73. The zero-order chi connectivity index (χ0) is 13.1. The van der Waals surface area contributed by atoms with Gasteiger partial charge in [-0.1, -0.05) is 18.2 Å². The van der Waals surface area contributed by atoms with E-state index >= 15 is 0 Å². The van der Waals surface area contributed by atoms with Crippen molar-refractivity contribution in [2.75, 3.05) is 25.9 Å². The van der Waals surface area contributed by atoms with E-state index in [0.717, 1.165) is 5.56 Å². The van der Waals surface area contributed by atoms with Gasteiger partial charge >= 0.3 is 0 Å². The maximum Gasteiger partial charge on any atom is 0.0936 e. The molecule has 0 saturated heterocycles. The normalized spacial score (nSPS) is 14.0. The molecule has 4 N–H and O–H groups in total. The molecule has 4 heteroatoms. The number of nitrogens with zero attached hydrogens (tertiary/aromatic N) is 1. The number of nitrogens with two attached hydrogens (primary N) is 1. The Bertz CT molecular complexity index is 361. The summed E-state index contributed by atoms with van der Waals surface area (Å²) in [6.45, 7) is 4.43. The van der Waals surface area contributed by atoms with Crippen LogP contribution in [-0.2, 0) is 0 Å². The molecule has 0 bridgehead atoms. The number of rotatable bonds is 5. The molecular weight excluding hydrogens is 216 g/mol. The number of aliphatic hydroxyl groups is 2. The smallest absolute Gasteiger partial charge is 0.0936 e. The summed E-state index contributed by atoms with van der Waals surface area (Å²) in [7, 11) is 1.86. The van der Waals surface area contributed by atoms with E-state index in [0.29, 0.717) is 18.8 Å². The second kappa shape index (κ2) is 5.49. The van der Waals surface area contributed by atoms with Gasteiger partial charge in [0.2, 0.25) is 0 Å². The predicted molar refractivity (Wildman–Crippen MR) is 69.6 cm³/mol. The van der Waals surface area contributed by atoms with Crippen LogP contribution in [0.1, 0.15) is 25.5 Å². The number of likely N-dealkylation sites (N-methyl/N-ethyl adjacent to an activating group) is 1. The van der Waals surface area contributed by atoms with E-state index in [9.17, 15) is 10.2 Å². The van der Waals surface area contributed by atoms with Crippen LogP contribution in [0.3, 0.4) is 0 Å². The van der Waals surface area contributed by atoms with Crippen molar-refractivity contribution in [3.8, 4) is 0 Å². The van der Waals surface area contributed by atoms with Crippen LogP contribution in [0.4, 0.5) is 5.69 Å². The lowest BCUT2D eigenvalue weighted by Crippen LogP contribution is -2.38. The first-order valence-corrected chi connectivity index (χ1v) is 5.73. The first-order chi connectivity index (χ1) is 7.79. The number of anilines is 1. The second-order valence-corrected chi connectivity index (χ2v) is 5.15. The summed E-state index contributed by atoms with van der Waals surface area (Å²) in [4.78, 5) is 1.89. The molecule has 17 heavy (non-hydrogen) atoms. The van der Waals surface area contributed by atoms with Gasteiger partial charge in [0.1, 0.15) is 0 Å². The Morgan fingerprint density at radius 2 is 1.94 bits per heavy atom. The molecule has 1 rings (SSSR count). The van der Waals surface area contributed by atoms with Crippen molar-refractivity contribution in [1.29, 1.82) is 0 Å². The number of hydrogen-bond acceptors (Lipinski definition) is 4. The van der Waals surface area contributed by atoms with Crippen LogP contribution in [0.15, 0.2) is 24.3 Å². The van der Waals surface area contributed by atoms with Crippen LogP contribution in [0, 0.1) is 0 Å². The maximum atomic E-state index is 10.1. The monoisotopic (exact) mass is 238 g/mol. The summed E-state index contributed by atoms with van der Waals surface area (Å²) in [5.74, 6) is 0. The molecule has 0 aliphatic heterocycles. The molecule has 0 aliphatic carbocycles. The summed E-state index contributed by atoms with van der Waals surface area (Å²) < 4.78 is 0. The zero-order valence-electron chi connectivity index (χ0n) is 10.7. The number of para-hydroxylation sites is 1. The highest BCUT2D eigenvalue weighted by molar-refractivity contribution is 5.47. The summed E-state index contributed by atoms with van der Waals surface area (Å²) in [5.41, 5.74) is 6.36. The highest BCUT2D eigenvalue weighted by Gasteiger charge is 2.19. The summed E-state index contributed by atoms with van der Waals surface area (Å²) >= 11 is 0. The Balaban J connectivity index is 2.61. The third-order valence-corrected chi connectivity index (χ3v) is 2.50. The van der Waals surface area contributed by atoms with Gasteiger partial charge in [0.25, 0.3) is 0 Å². The van der Waals surface area contributed by atoms with Crippen molar-refractivity contribution >= 4 is 5.69 Å². The second-order valence-electron chi connectivity index (χ2n) is 5.15. The fraction of sp³-hybridized carbons (Fsp3) is 0.538. The topological polar surface area (TPSA) is 69.7 Å². The molecule has 0 amide bonds. The summed E-state index contributed by atoms with van der Waals surface area (Å²) in [5, 5.41) is 19.7. The molecule has 0 spiro atoms. The average Bonchev–Trinajstić information content (AvgIpc) is 2.14. The van der Waals surface area contributed by atoms with Gasteiger partial charge in [-0.2, -0.15) is 0 Å². The molecule has 0 radical (unpaired) electrons. The molecule has 0 aromatic heterocycles. The van der Waals surface area contributed by atoms with Crippen molar-refractivity contribution < 1.29 is 10.2 Å². The number of benzene rings is 1. The van der Waals surface area contributed by atoms with Crippen LogP contribution in [0.5, 0.6) is 0 Å². The van der Waals surface area contributed by atoms with Gasteiger partial charge in [0, 0.05) is 24.3 Å². The lowest BCUT2D eigenvalue weighted by molar-refractivity contribution is 0.0285. The molecule has 1 atom stereocenters. The molecule has 4 nitrogen and oxygen atoms in total. The van der Waals surface area contributed by atoms with Crippen molar-refractivity contribution in [1.82, 2.24) is 4.90 Å². The Morgan fingerprint density at radius 1 is 1.35 bits per heavy atom. The van der Waals surface area contributed by atoms with E-state index in [1.807, 2.05) is 30.1 Å². The van der Waals surface area contributed by atoms with Gasteiger partial charge in [0.05, 0.1) is 11.7 Å². The standard InChI is InChI=1S/C13H22N2O2/c1-13(2,17)9-15(3)8-12(16)10-6-4-5-7-11(10)14/h4-7,12,16-17H,8-9,14H2,1-3H3. The van der Waals surface area contributed by atoms with Crippen LogP contribution < -0.4 is 5.73 Å². The minimum absolute atomic E-state index is 0.443. The predicted octanol–water partition coefficient (Wildman–Crippen LogP) is 1.00. The Labute approximate surface area is 103 Å². The largest absolute Gasteiger partial charge is 0.398 e. The van der Waals surface area contributed by atoms with E-state index in [1.165, 1.54) is 0 Å². The molecular formula is C13H22N2O2. The molecule has 0 heterocycles. The molecule has 1 aromatic rings. The molecule has 1 unspecified atom stereocenters. The molecule has 0 fully saturated rings. The van der Waals surface area contributed by atoms with Gasteiger partial charge in [-0.25, -0.2) is 0 Å². The van der Waals surface area contributed by atoms with Crippen molar-refractivity contribution in [3.05, 3.63) is 29.8 Å². The molecule has 1 aromatic carbocycles. The van der Waals surface area contributed by atoms with E-state index in [2.05, 4.69) is 0 Å². The van der Waals surface area contributed by atoms with E-state index in [4.69, 9.17) is 5.73 Å². The lowest BCUT2D eigenvalue weighted by atomic mass is 10.1. The highest BCUT2D eigenvalue weighted by atomic mass is 16.3. The Kier molecular flexibility index (Phi) is 4.51. The molecule has 0 saturated carbocycles. The van der Waals surface area contributed by atoms with Crippen molar-refractivity contribution in [3.63, 3.8) is 0 Å². The average molecular weight is 238 g/mol. The van der Waals surface area contributed by atoms with E-state index in [-0.39, 0.29) is 0 Å². The van der Waals surface area contributed by atoms with Crippen LogP contribution in [0.2, 0.25) is 0 Å². The van der Waals surface area contributed by atoms with Crippen LogP contribution >= 0.6 is 0 Å². The highest BCUT2D eigenvalue weighted by Crippen LogP contribution is 2.20. The van der Waals surface area contributed by atoms with Crippen LogP contribution in [0.25, 0.3) is 0 Å². The molecule has 96 valence electrons. The number of nitrogen functional groups attached to an aromatic ring is 1. The van der Waals surface area contributed by atoms with Gasteiger partial charge in [-0.3, -0.25) is 0 Å². The van der Waals surface area contributed by atoms with Crippen LogP contribution in [-0.4, -0.2) is 40.9 Å². The minimum Gasteiger partial charge on any atom is -0.398 e. The van der Waals surface area contributed by atoms with Gasteiger partial charge in [0.15, 0.2) is 0 Å². The van der Waals surface area contributed by atoms with E-state index in [1.54, 1.807) is 19.9 Å². The molecule has 0 aliphatic rings. The third-order valence-electron chi connectivity index (χ3n) is 2.50. The zero-order valence-corrected chi connectivity index (χ0v) is 10.7. The fourth-order valence-electron chi connectivity index (χ4n) is 1.93. The maximum absolute atomic E-state index is 10.1. The van der Waals surface area contributed by atoms with Crippen molar-refractivity contribution in [2.24, 2.45) is 0 Å². The van der Waals surface area contributed by atoms with E-state index < -0.39 is 11.7 Å². The number of hydrogen-bond donors (Lipinski definition) is 3. The number of aliphatic hydroxyl groups excluding tert-OH is 1. The SMILES string of the molecule is CN(CC(O)c1ccccc1N)CC(C)(C)O.